The Morgan fingerprint density at radius 3 is 2.52 bits per heavy atom. The van der Waals surface area contributed by atoms with Crippen LogP contribution in [0.4, 0.5) is 19.0 Å². The quantitative estimate of drug-likeness (QED) is 0.606. The average Bonchev–Trinajstić information content (AvgIpc) is 3.07. The van der Waals surface area contributed by atoms with Gasteiger partial charge in [-0.2, -0.15) is 19.6 Å². The van der Waals surface area contributed by atoms with Gasteiger partial charge in [-0.15, -0.1) is 0 Å². The molecule has 0 saturated heterocycles. The van der Waals surface area contributed by atoms with Crippen LogP contribution in [0.1, 0.15) is 20.3 Å². The van der Waals surface area contributed by atoms with Crippen molar-refractivity contribution in [3.63, 3.8) is 0 Å². The number of halogens is 4. The Balaban J connectivity index is 2.22. The lowest BCUT2D eigenvalue weighted by Gasteiger charge is -2.21. The number of nitrogens with zero attached hydrogens (tertiary/aromatic N) is 4. The number of hydrogen-bond acceptors (Lipinski definition) is 5. The van der Waals surface area contributed by atoms with E-state index < -0.39 is 23.0 Å². The van der Waals surface area contributed by atoms with Crippen LogP contribution in [-0.2, 0) is 4.74 Å². The second kappa shape index (κ2) is 8.10. The maximum atomic E-state index is 14.4. The highest BCUT2D eigenvalue weighted by molar-refractivity contribution is 6.33. The van der Waals surface area contributed by atoms with E-state index >= 15 is 0 Å². The lowest BCUT2D eigenvalue weighted by Crippen LogP contribution is -2.27. The van der Waals surface area contributed by atoms with Gasteiger partial charge in [-0.05, 0) is 13.3 Å². The molecule has 10 heteroatoms. The van der Waals surface area contributed by atoms with E-state index in [-0.39, 0.29) is 28.4 Å². The van der Waals surface area contributed by atoms with E-state index in [1.807, 2.05) is 13.8 Å². The molecule has 0 fully saturated rings. The Morgan fingerprint density at radius 2 is 1.89 bits per heavy atom. The second-order valence-electron chi connectivity index (χ2n) is 5.75. The van der Waals surface area contributed by atoms with E-state index in [2.05, 4.69) is 20.4 Å². The molecule has 1 atom stereocenters. The van der Waals surface area contributed by atoms with Gasteiger partial charge >= 0.3 is 0 Å². The van der Waals surface area contributed by atoms with Crippen molar-refractivity contribution < 1.29 is 17.9 Å². The highest BCUT2D eigenvalue weighted by atomic mass is 35.5. The molecule has 3 rings (SSSR count). The summed E-state index contributed by atoms with van der Waals surface area (Å²) in [6.07, 6.45) is 1.90. The molecule has 0 spiro atoms. The number of benzene rings is 1. The van der Waals surface area contributed by atoms with Crippen LogP contribution >= 0.6 is 11.6 Å². The van der Waals surface area contributed by atoms with E-state index in [9.17, 15) is 13.2 Å². The molecule has 0 aliphatic rings. The Morgan fingerprint density at radius 1 is 1.19 bits per heavy atom. The molecular weight excluding hydrogens is 383 g/mol. The van der Waals surface area contributed by atoms with Crippen LogP contribution in [0.15, 0.2) is 18.5 Å². The van der Waals surface area contributed by atoms with Crippen LogP contribution < -0.4 is 5.32 Å². The summed E-state index contributed by atoms with van der Waals surface area (Å²) in [5.41, 5.74) is -0.570. The number of fused-ring (bicyclic) bond motifs is 1. The van der Waals surface area contributed by atoms with Gasteiger partial charge in [0, 0.05) is 18.7 Å². The van der Waals surface area contributed by atoms with Crippen LogP contribution in [0, 0.1) is 17.5 Å². The first kappa shape index (κ1) is 19.4. The SMILES string of the molecule is CCOCC(CC)Nc1c(-c2c(F)cc(F)cc2F)c(Cl)nc2ncnn12. The normalized spacial score (nSPS) is 12.5. The molecule has 3 aromatic rings. The Hall–Kier alpha value is -2.39. The third-order valence-electron chi connectivity index (χ3n) is 4.00. The molecule has 0 aliphatic heterocycles. The van der Waals surface area contributed by atoms with Crippen molar-refractivity contribution in [3.8, 4) is 11.1 Å². The molecule has 1 unspecified atom stereocenters. The number of anilines is 1. The molecule has 144 valence electrons. The molecule has 0 bridgehead atoms. The predicted molar refractivity (Wildman–Crippen MR) is 95.3 cm³/mol. The molecule has 6 nitrogen and oxygen atoms in total. The minimum absolute atomic E-state index is 0.0698. The number of nitrogens with one attached hydrogen (secondary N) is 1. The zero-order valence-corrected chi connectivity index (χ0v) is 15.4. The molecule has 0 amide bonds. The van der Waals surface area contributed by atoms with Crippen molar-refractivity contribution in [2.45, 2.75) is 26.3 Å². The molecule has 0 radical (unpaired) electrons. The molecule has 2 aromatic heterocycles. The number of hydrogen-bond donors (Lipinski definition) is 1. The van der Waals surface area contributed by atoms with Gasteiger partial charge in [0.05, 0.1) is 23.8 Å². The second-order valence-corrected chi connectivity index (χ2v) is 6.11. The van der Waals surface area contributed by atoms with E-state index in [4.69, 9.17) is 16.3 Å². The number of rotatable bonds is 7. The summed E-state index contributed by atoms with van der Waals surface area (Å²) < 4.78 is 49.0. The van der Waals surface area contributed by atoms with Crippen LogP contribution in [-0.4, -0.2) is 38.8 Å². The third kappa shape index (κ3) is 3.84. The fourth-order valence-electron chi connectivity index (χ4n) is 2.67. The first-order valence-electron chi connectivity index (χ1n) is 8.34. The first-order valence-corrected chi connectivity index (χ1v) is 8.72. The average molecular weight is 400 g/mol. The monoisotopic (exact) mass is 399 g/mol. The Kier molecular flexibility index (Phi) is 5.81. The Labute approximate surface area is 158 Å². The van der Waals surface area contributed by atoms with E-state index in [1.54, 1.807) is 0 Å². The van der Waals surface area contributed by atoms with Gasteiger partial charge in [0.2, 0.25) is 0 Å². The summed E-state index contributed by atoms with van der Waals surface area (Å²) in [6, 6.07) is 0.976. The molecule has 1 aromatic carbocycles. The highest BCUT2D eigenvalue weighted by Gasteiger charge is 2.25. The van der Waals surface area contributed by atoms with Crippen molar-refractivity contribution in [1.82, 2.24) is 19.6 Å². The fraction of sp³-hybridized carbons (Fsp3) is 0.353. The van der Waals surface area contributed by atoms with Gasteiger partial charge < -0.3 is 10.1 Å². The topological polar surface area (TPSA) is 64.3 Å². The summed E-state index contributed by atoms with van der Waals surface area (Å²) in [6.45, 7) is 4.66. The fourth-order valence-corrected chi connectivity index (χ4v) is 2.93. The smallest absolute Gasteiger partial charge is 0.255 e. The summed E-state index contributed by atoms with van der Waals surface area (Å²) >= 11 is 6.22. The highest BCUT2D eigenvalue weighted by Crippen LogP contribution is 2.38. The lowest BCUT2D eigenvalue weighted by atomic mass is 10.1. The van der Waals surface area contributed by atoms with Crippen LogP contribution in [0.5, 0.6) is 0 Å². The van der Waals surface area contributed by atoms with Crippen LogP contribution in [0.2, 0.25) is 5.15 Å². The Bertz CT molecular complexity index is 942. The molecular formula is C17H17ClF3N5O. The third-order valence-corrected chi connectivity index (χ3v) is 4.27. The molecule has 0 saturated carbocycles. The van der Waals surface area contributed by atoms with Gasteiger partial charge in [0.1, 0.15) is 34.7 Å². The molecule has 1 N–H and O–H groups in total. The van der Waals surface area contributed by atoms with Crippen LogP contribution in [0.3, 0.4) is 0 Å². The zero-order valence-electron chi connectivity index (χ0n) is 14.6. The minimum Gasteiger partial charge on any atom is -0.380 e. The summed E-state index contributed by atoms with van der Waals surface area (Å²) in [4.78, 5) is 8.00. The van der Waals surface area contributed by atoms with Gasteiger partial charge in [-0.3, -0.25) is 0 Å². The van der Waals surface area contributed by atoms with Gasteiger partial charge in [0.25, 0.3) is 5.78 Å². The van der Waals surface area contributed by atoms with E-state index in [0.29, 0.717) is 31.8 Å². The van der Waals surface area contributed by atoms with Crippen molar-refractivity contribution in [3.05, 3.63) is 41.1 Å². The van der Waals surface area contributed by atoms with E-state index in [0.717, 1.165) is 0 Å². The first-order chi connectivity index (χ1) is 13.0. The van der Waals surface area contributed by atoms with Crippen LogP contribution in [0.25, 0.3) is 16.9 Å². The van der Waals surface area contributed by atoms with E-state index in [1.165, 1.54) is 10.8 Å². The summed E-state index contributed by atoms with van der Waals surface area (Å²) in [7, 11) is 0. The maximum absolute atomic E-state index is 14.4. The van der Waals surface area contributed by atoms with Crippen molar-refractivity contribution >= 4 is 23.2 Å². The van der Waals surface area contributed by atoms with Crippen molar-refractivity contribution in [2.24, 2.45) is 0 Å². The molecule has 27 heavy (non-hydrogen) atoms. The summed E-state index contributed by atoms with van der Waals surface area (Å²) in [5.74, 6) is -2.89. The standard InChI is InChI=1S/C17H17ClF3N5O/c1-3-10(7-27-4-2)24-16-14(13-11(20)5-9(19)6-12(13)21)15(18)25-17-22-8-23-26(16)17/h5-6,8,10,24H,3-4,7H2,1-2H3. The van der Waals surface area contributed by atoms with Gasteiger partial charge in [-0.25, -0.2) is 13.2 Å². The number of ether oxygens (including phenoxy) is 1. The van der Waals surface area contributed by atoms with Crippen molar-refractivity contribution in [2.75, 3.05) is 18.5 Å². The minimum atomic E-state index is -1.10. The summed E-state index contributed by atoms with van der Waals surface area (Å²) in [5, 5.41) is 7.02. The largest absolute Gasteiger partial charge is 0.380 e. The molecule has 2 heterocycles. The molecule has 0 aliphatic carbocycles. The van der Waals surface area contributed by atoms with Gasteiger partial charge in [-0.1, -0.05) is 18.5 Å². The predicted octanol–water partition coefficient (Wildman–Crippen LogP) is 4.09. The van der Waals surface area contributed by atoms with Gasteiger partial charge in [0.15, 0.2) is 0 Å². The lowest BCUT2D eigenvalue weighted by molar-refractivity contribution is 0.136. The van der Waals surface area contributed by atoms with Crippen molar-refractivity contribution in [1.29, 1.82) is 0 Å². The zero-order chi connectivity index (χ0) is 19.6. The number of aromatic nitrogens is 4. The maximum Gasteiger partial charge on any atom is 0.255 e.